The molecule has 0 aromatic carbocycles. The number of rotatable bonds is 3. The molecule has 1 aliphatic heterocycles. The van der Waals surface area contributed by atoms with E-state index in [0.29, 0.717) is 17.6 Å². The number of nitrogens with one attached hydrogen (secondary N) is 1. The molecule has 0 amide bonds. The lowest BCUT2D eigenvalue weighted by atomic mass is 10.2. The maximum absolute atomic E-state index is 11.8. The molecule has 1 fully saturated rings. The summed E-state index contributed by atoms with van der Waals surface area (Å²) in [5.41, 5.74) is -0.0614. The zero-order chi connectivity index (χ0) is 14.2. The Hall–Kier alpha value is -1.31. The Morgan fingerprint density at radius 1 is 1.63 bits per heavy atom. The predicted octanol–water partition coefficient (Wildman–Crippen LogP) is -0.0730. The number of allylic oxidation sites excluding steroid dienone is 1. The molecule has 104 valence electrons. The number of nitrogens with zero attached hydrogens (tertiary/aromatic N) is 1. The fraction of sp³-hybridized carbons (Fsp3) is 0.500. The molecule has 1 aromatic heterocycles. The van der Waals surface area contributed by atoms with Crippen LogP contribution in [0.5, 0.6) is 0 Å². The van der Waals surface area contributed by atoms with Gasteiger partial charge in [0, 0.05) is 12.6 Å². The van der Waals surface area contributed by atoms with Gasteiger partial charge < -0.3 is 10.2 Å². The summed E-state index contributed by atoms with van der Waals surface area (Å²) in [6.45, 7) is 5.24. The summed E-state index contributed by atoms with van der Waals surface area (Å²) in [6, 6.07) is 0. The van der Waals surface area contributed by atoms with E-state index in [-0.39, 0.29) is 17.2 Å². The Kier molecular flexibility index (Phi) is 3.98. The molecule has 0 aliphatic carbocycles. The molecule has 0 saturated carbocycles. The molecule has 1 aliphatic rings. The van der Waals surface area contributed by atoms with Crippen LogP contribution in [0.4, 0.5) is 0 Å². The van der Waals surface area contributed by atoms with Gasteiger partial charge in [-0.05, 0) is 12.5 Å². The Labute approximate surface area is 113 Å². The number of hydrogen-bond donors (Lipinski definition) is 3. The lowest BCUT2D eigenvalue weighted by Crippen LogP contribution is -2.32. The van der Waals surface area contributed by atoms with Crippen LogP contribution in [0.25, 0.3) is 5.57 Å². The number of hydrogen-bond acceptors (Lipinski definition) is 5. The minimum Gasteiger partial charge on any atom is -0.395 e. The number of aromatic amines is 1. The van der Waals surface area contributed by atoms with Crippen LogP contribution in [0, 0.1) is 0 Å². The fourth-order valence-electron chi connectivity index (χ4n) is 2.05. The number of aliphatic hydroxyl groups is 2. The van der Waals surface area contributed by atoms with Crippen LogP contribution < -0.4 is 11.2 Å². The molecule has 2 rings (SSSR count). The second kappa shape index (κ2) is 5.36. The second-order valence-corrected chi connectivity index (χ2v) is 6.03. The van der Waals surface area contributed by atoms with Gasteiger partial charge in [0.1, 0.15) is 0 Å². The highest BCUT2D eigenvalue weighted by atomic mass is 32.2. The van der Waals surface area contributed by atoms with Crippen molar-refractivity contribution in [2.45, 2.75) is 30.1 Å². The summed E-state index contributed by atoms with van der Waals surface area (Å²) in [7, 11) is 0. The molecule has 7 heteroatoms. The normalized spacial score (nSPS) is 26.6. The van der Waals surface area contributed by atoms with E-state index in [4.69, 9.17) is 5.11 Å². The topological polar surface area (TPSA) is 95.3 Å². The summed E-state index contributed by atoms with van der Waals surface area (Å²) in [5.74, 6) is 0. The quantitative estimate of drug-likeness (QED) is 0.722. The van der Waals surface area contributed by atoms with Crippen LogP contribution in [-0.2, 0) is 0 Å². The number of aromatic nitrogens is 2. The third-order valence-corrected chi connectivity index (χ3v) is 4.67. The van der Waals surface area contributed by atoms with Crippen LogP contribution in [0.2, 0.25) is 0 Å². The summed E-state index contributed by atoms with van der Waals surface area (Å²) < 4.78 is 1.38. The van der Waals surface area contributed by atoms with Crippen LogP contribution in [0.3, 0.4) is 0 Å². The van der Waals surface area contributed by atoms with Crippen LogP contribution in [-0.4, -0.2) is 37.7 Å². The van der Waals surface area contributed by atoms with E-state index in [0.717, 1.165) is 0 Å². The van der Waals surface area contributed by atoms with Crippen molar-refractivity contribution in [3.63, 3.8) is 0 Å². The highest BCUT2D eigenvalue weighted by molar-refractivity contribution is 8.00. The van der Waals surface area contributed by atoms with Gasteiger partial charge >= 0.3 is 5.69 Å². The maximum Gasteiger partial charge on any atom is 0.329 e. The second-order valence-electron chi connectivity index (χ2n) is 4.60. The third kappa shape index (κ3) is 2.68. The highest BCUT2D eigenvalue weighted by Crippen LogP contribution is 2.40. The standard InChI is InChI=1S/C12H16N2O4S/c1-6(2)7-4-14(12(18)13-11(7)17)10-3-8(16)9(5-15)19-10/h4,8-10,15-16H,1,3,5H2,2H3,(H,13,17,18)/t8?,9?,10-/m1/s1. The summed E-state index contributed by atoms with van der Waals surface area (Å²) >= 11 is 1.32. The lowest BCUT2D eigenvalue weighted by molar-refractivity contribution is 0.137. The van der Waals surface area contributed by atoms with Crippen LogP contribution >= 0.6 is 11.8 Å². The SMILES string of the molecule is C=C(C)c1cn([C@H]2CC(O)C(CO)S2)c(=O)[nH]c1=O. The number of thioether (sulfide) groups is 1. The molecule has 1 saturated heterocycles. The van der Waals surface area contributed by atoms with Crippen molar-refractivity contribution in [2.24, 2.45) is 0 Å². The van der Waals surface area contributed by atoms with Gasteiger partial charge in [0.05, 0.1) is 28.9 Å². The molecule has 3 atom stereocenters. The first-order valence-electron chi connectivity index (χ1n) is 5.89. The first kappa shape index (κ1) is 14.1. The molecule has 0 radical (unpaired) electrons. The monoisotopic (exact) mass is 284 g/mol. The molecule has 0 bridgehead atoms. The fourth-order valence-corrected chi connectivity index (χ4v) is 3.43. The predicted molar refractivity (Wildman–Crippen MR) is 74.2 cm³/mol. The lowest BCUT2D eigenvalue weighted by Gasteiger charge is -2.14. The molecule has 19 heavy (non-hydrogen) atoms. The Balaban J connectivity index is 2.41. The van der Waals surface area contributed by atoms with Gasteiger partial charge in [-0.2, -0.15) is 0 Å². The molecule has 6 nitrogen and oxygen atoms in total. The molecular weight excluding hydrogens is 268 g/mol. The highest BCUT2D eigenvalue weighted by Gasteiger charge is 2.34. The van der Waals surface area contributed by atoms with Crippen molar-refractivity contribution in [3.8, 4) is 0 Å². The van der Waals surface area contributed by atoms with Gasteiger partial charge in [-0.15, -0.1) is 11.8 Å². The van der Waals surface area contributed by atoms with E-state index in [9.17, 15) is 14.7 Å². The summed E-state index contributed by atoms with van der Waals surface area (Å²) in [6.07, 6.45) is 1.16. The molecule has 2 unspecified atom stereocenters. The van der Waals surface area contributed by atoms with Crippen molar-refractivity contribution in [1.29, 1.82) is 0 Å². The summed E-state index contributed by atoms with van der Waals surface area (Å²) in [5, 5.41) is 18.3. The van der Waals surface area contributed by atoms with Crippen molar-refractivity contribution in [2.75, 3.05) is 6.61 Å². The van der Waals surface area contributed by atoms with Crippen molar-refractivity contribution in [3.05, 3.63) is 39.2 Å². The van der Waals surface area contributed by atoms with Gasteiger partial charge in [0.2, 0.25) is 0 Å². The smallest absolute Gasteiger partial charge is 0.329 e. The molecule has 0 spiro atoms. The third-order valence-electron chi connectivity index (χ3n) is 3.12. The van der Waals surface area contributed by atoms with Crippen LogP contribution in [0.1, 0.15) is 24.3 Å². The van der Waals surface area contributed by atoms with E-state index in [1.54, 1.807) is 6.92 Å². The Bertz CT molecular complexity index is 606. The van der Waals surface area contributed by atoms with E-state index < -0.39 is 17.4 Å². The van der Waals surface area contributed by atoms with E-state index in [2.05, 4.69) is 11.6 Å². The molecule has 1 aromatic rings. The molecule has 3 N–H and O–H groups in total. The van der Waals surface area contributed by atoms with Gasteiger partial charge in [0.25, 0.3) is 5.56 Å². The van der Waals surface area contributed by atoms with Crippen molar-refractivity contribution in [1.82, 2.24) is 9.55 Å². The van der Waals surface area contributed by atoms with Crippen molar-refractivity contribution >= 4 is 17.3 Å². The number of H-pyrrole nitrogens is 1. The minimum atomic E-state index is -0.660. The molecule has 2 heterocycles. The van der Waals surface area contributed by atoms with Gasteiger partial charge in [-0.3, -0.25) is 14.3 Å². The van der Waals surface area contributed by atoms with Gasteiger partial charge in [-0.25, -0.2) is 4.79 Å². The summed E-state index contributed by atoms with van der Waals surface area (Å²) in [4.78, 5) is 25.7. The van der Waals surface area contributed by atoms with E-state index in [1.807, 2.05) is 0 Å². The first-order chi connectivity index (χ1) is 8.93. The zero-order valence-corrected chi connectivity index (χ0v) is 11.3. The van der Waals surface area contributed by atoms with E-state index in [1.165, 1.54) is 22.5 Å². The van der Waals surface area contributed by atoms with Gasteiger partial charge in [0.15, 0.2) is 0 Å². The zero-order valence-electron chi connectivity index (χ0n) is 10.5. The minimum absolute atomic E-state index is 0.145. The average molecular weight is 284 g/mol. The Morgan fingerprint density at radius 3 is 2.84 bits per heavy atom. The number of aliphatic hydroxyl groups excluding tert-OH is 2. The first-order valence-corrected chi connectivity index (χ1v) is 6.84. The van der Waals surface area contributed by atoms with Crippen molar-refractivity contribution < 1.29 is 10.2 Å². The average Bonchev–Trinajstić information content (AvgIpc) is 2.69. The Morgan fingerprint density at radius 2 is 2.32 bits per heavy atom. The maximum atomic E-state index is 11.8. The largest absolute Gasteiger partial charge is 0.395 e. The van der Waals surface area contributed by atoms with Crippen LogP contribution in [0.15, 0.2) is 22.4 Å². The molecular formula is C12H16N2O4S. The van der Waals surface area contributed by atoms with E-state index >= 15 is 0 Å². The van der Waals surface area contributed by atoms with Gasteiger partial charge in [-0.1, -0.05) is 6.58 Å².